The van der Waals surface area contributed by atoms with Crippen LogP contribution in [-0.4, -0.2) is 34.3 Å². The number of piperidine rings is 1. The molecule has 1 aliphatic heterocycles. The maximum Gasteiger partial charge on any atom is 0.249 e. The maximum atomic E-state index is 11.6. The molecule has 1 aliphatic rings. The molecule has 1 rings (SSSR count). The highest BCUT2D eigenvalue weighted by Gasteiger charge is 2.27. The third-order valence-electron chi connectivity index (χ3n) is 2.21. The summed E-state index contributed by atoms with van der Waals surface area (Å²) in [6.45, 7) is 6.07. The average Bonchev–Trinajstić information content (AvgIpc) is 2.18. The fourth-order valence-corrected chi connectivity index (χ4v) is 2.00. The quantitative estimate of drug-likeness (QED) is 0.720. The minimum absolute atomic E-state index is 0.0160. The van der Waals surface area contributed by atoms with Gasteiger partial charge in [0.15, 0.2) is 0 Å². The van der Waals surface area contributed by atoms with Gasteiger partial charge in [-0.2, -0.15) is 0 Å². The van der Waals surface area contributed by atoms with Crippen LogP contribution >= 0.6 is 11.8 Å². The summed E-state index contributed by atoms with van der Waals surface area (Å²) in [6.07, 6.45) is 0.666. The molecule has 0 radical (unpaired) electrons. The first-order valence-corrected chi connectivity index (χ1v) is 6.53. The number of nitrogens with one attached hydrogen (secondary N) is 2. The second-order valence-corrected chi connectivity index (χ2v) is 6.77. The van der Waals surface area contributed by atoms with E-state index in [1.54, 1.807) is 0 Å². The maximum absolute atomic E-state index is 11.6. The molecule has 1 unspecified atom stereocenters. The Morgan fingerprint density at radius 2 is 2.12 bits per heavy atom. The minimum Gasteiger partial charge on any atom is -0.344 e. The van der Waals surface area contributed by atoms with Crippen LogP contribution in [0.15, 0.2) is 0 Å². The van der Waals surface area contributed by atoms with E-state index in [9.17, 15) is 14.4 Å². The Balaban J connectivity index is 2.36. The van der Waals surface area contributed by atoms with Crippen molar-refractivity contribution in [2.45, 2.75) is 44.4 Å². The van der Waals surface area contributed by atoms with Crippen LogP contribution < -0.4 is 10.6 Å². The van der Waals surface area contributed by atoms with Crippen LogP contribution in [0.1, 0.15) is 33.6 Å². The molecule has 3 amide bonds. The normalized spacial score (nSPS) is 21.0. The van der Waals surface area contributed by atoms with Gasteiger partial charge < -0.3 is 5.32 Å². The average molecular weight is 258 g/mol. The number of carbonyl (C=O) groups excluding carboxylic acids is 3. The Hall–Kier alpha value is -1.04. The monoisotopic (exact) mass is 258 g/mol. The van der Waals surface area contributed by atoms with Crippen molar-refractivity contribution in [2.75, 3.05) is 5.75 Å². The molecule has 96 valence electrons. The molecule has 0 aromatic rings. The molecular formula is C11H18N2O3S. The third-order valence-corrected chi connectivity index (χ3v) is 3.48. The lowest BCUT2D eigenvalue weighted by molar-refractivity contribution is -0.136. The molecular weight excluding hydrogens is 240 g/mol. The molecule has 1 heterocycles. The smallest absolute Gasteiger partial charge is 0.249 e. The highest BCUT2D eigenvalue weighted by atomic mass is 32.2. The summed E-state index contributed by atoms with van der Waals surface area (Å²) < 4.78 is 0.0160. The Labute approximate surface area is 105 Å². The summed E-state index contributed by atoms with van der Waals surface area (Å²) in [5, 5.41) is 4.85. The van der Waals surface area contributed by atoms with Gasteiger partial charge in [-0.1, -0.05) is 20.8 Å². The molecule has 6 heteroatoms. The lowest BCUT2D eigenvalue weighted by atomic mass is 10.1. The van der Waals surface area contributed by atoms with Crippen LogP contribution in [0.2, 0.25) is 0 Å². The van der Waals surface area contributed by atoms with E-state index in [0.717, 1.165) is 0 Å². The summed E-state index contributed by atoms with van der Waals surface area (Å²) in [5.74, 6) is -0.527. The first kappa shape index (κ1) is 14.0. The van der Waals surface area contributed by atoms with Gasteiger partial charge >= 0.3 is 0 Å². The van der Waals surface area contributed by atoms with Crippen LogP contribution in [0.5, 0.6) is 0 Å². The van der Waals surface area contributed by atoms with E-state index in [4.69, 9.17) is 0 Å². The number of amides is 3. The van der Waals surface area contributed by atoms with Gasteiger partial charge in [0, 0.05) is 11.2 Å². The van der Waals surface area contributed by atoms with E-state index in [0.29, 0.717) is 12.2 Å². The molecule has 1 fully saturated rings. The molecule has 0 aromatic carbocycles. The van der Waals surface area contributed by atoms with Gasteiger partial charge in [0.2, 0.25) is 17.7 Å². The van der Waals surface area contributed by atoms with Crippen LogP contribution in [-0.2, 0) is 14.4 Å². The van der Waals surface area contributed by atoms with E-state index in [2.05, 4.69) is 10.6 Å². The highest BCUT2D eigenvalue weighted by molar-refractivity contribution is 8.01. The standard InChI is InChI=1S/C11H18N2O3S/c1-11(2,3)17-6-9(15)12-7-4-5-8(14)13-10(7)16/h7H,4-6H2,1-3H3,(H,12,15)(H,13,14,16). The summed E-state index contributed by atoms with van der Waals surface area (Å²) in [6, 6.07) is -0.569. The van der Waals surface area contributed by atoms with Crippen molar-refractivity contribution >= 4 is 29.5 Å². The van der Waals surface area contributed by atoms with Crippen LogP contribution in [0.4, 0.5) is 0 Å². The van der Waals surface area contributed by atoms with E-state index in [-0.39, 0.29) is 23.0 Å². The van der Waals surface area contributed by atoms with Gasteiger partial charge in [-0.3, -0.25) is 19.7 Å². The van der Waals surface area contributed by atoms with Gasteiger partial charge in [-0.25, -0.2) is 0 Å². The molecule has 0 bridgehead atoms. The molecule has 2 N–H and O–H groups in total. The molecule has 0 aliphatic carbocycles. The van der Waals surface area contributed by atoms with Crippen molar-refractivity contribution in [3.63, 3.8) is 0 Å². The van der Waals surface area contributed by atoms with Gasteiger partial charge in [0.25, 0.3) is 0 Å². The van der Waals surface area contributed by atoms with Crippen LogP contribution in [0, 0.1) is 0 Å². The number of carbonyl (C=O) groups is 3. The van der Waals surface area contributed by atoms with Crippen molar-refractivity contribution in [3.8, 4) is 0 Å². The van der Waals surface area contributed by atoms with Gasteiger partial charge in [-0.05, 0) is 6.42 Å². The lowest BCUT2D eigenvalue weighted by Crippen LogP contribution is -2.52. The fraction of sp³-hybridized carbons (Fsp3) is 0.727. The Morgan fingerprint density at radius 3 is 2.65 bits per heavy atom. The third kappa shape index (κ3) is 5.21. The number of rotatable bonds is 3. The summed E-state index contributed by atoms with van der Waals surface area (Å²) >= 11 is 1.52. The van der Waals surface area contributed by atoms with E-state index < -0.39 is 11.9 Å². The molecule has 1 atom stereocenters. The van der Waals surface area contributed by atoms with Crippen molar-refractivity contribution in [2.24, 2.45) is 0 Å². The molecule has 0 aromatic heterocycles. The van der Waals surface area contributed by atoms with Crippen molar-refractivity contribution in [1.29, 1.82) is 0 Å². The molecule has 0 spiro atoms. The summed E-state index contributed by atoms with van der Waals surface area (Å²) in [4.78, 5) is 33.9. The topological polar surface area (TPSA) is 75.3 Å². The largest absolute Gasteiger partial charge is 0.344 e. The fourth-order valence-electron chi connectivity index (χ4n) is 1.35. The van der Waals surface area contributed by atoms with E-state index in [1.165, 1.54) is 11.8 Å². The second-order valence-electron chi connectivity index (χ2n) is 4.97. The highest BCUT2D eigenvalue weighted by Crippen LogP contribution is 2.22. The molecule has 1 saturated heterocycles. The zero-order chi connectivity index (χ0) is 13.1. The first-order valence-electron chi connectivity index (χ1n) is 5.55. The first-order chi connectivity index (χ1) is 7.78. The SMILES string of the molecule is CC(C)(C)SCC(=O)NC1CCC(=O)NC1=O. The van der Waals surface area contributed by atoms with E-state index >= 15 is 0 Å². The van der Waals surface area contributed by atoms with Gasteiger partial charge in [0.05, 0.1) is 5.75 Å². The summed E-state index contributed by atoms with van der Waals surface area (Å²) in [7, 11) is 0. The molecule has 5 nitrogen and oxygen atoms in total. The second kappa shape index (κ2) is 5.53. The van der Waals surface area contributed by atoms with Crippen LogP contribution in [0.25, 0.3) is 0 Å². The summed E-state index contributed by atoms with van der Waals surface area (Å²) in [5.41, 5.74) is 0. The molecule has 0 saturated carbocycles. The number of thioether (sulfide) groups is 1. The Bertz CT molecular complexity index is 336. The predicted octanol–water partition coefficient (Wildman–Crippen LogP) is 0.439. The lowest BCUT2D eigenvalue weighted by Gasteiger charge is -2.23. The zero-order valence-electron chi connectivity index (χ0n) is 10.3. The van der Waals surface area contributed by atoms with Gasteiger partial charge in [-0.15, -0.1) is 11.8 Å². The van der Waals surface area contributed by atoms with Crippen molar-refractivity contribution in [1.82, 2.24) is 10.6 Å². The molecule has 17 heavy (non-hydrogen) atoms. The van der Waals surface area contributed by atoms with Crippen molar-refractivity contribution in [3.05, 3.63) is 0 Å². The van der Waals surface area contributed by atoms with Gasteiger partial charge in [0.1, 0.15) is 6.04 Å². The zero-order valence-corrected chi connectivity index (χ0v) is 11.1. The Kier molecular flexibility index (Phi) is 4.56. The number of hydrogen-bond acceptors (Lipinski definition) is 4. The van der Waals surface area contributed by atoms with Crippen molar-refractivity contribution < 1.29 is 14.4 Å². The number of hydrogen-bond donors (Lipinski definition) is 2. The number of imide groups is 1. The minimum atomic E-state index is -0.569. The van der Waals surface area contributed by atoms with E-state index in [1.807, 2.05) is 20.8 Å². The van der Waals surface area contributed by atoms with Crippen LogP contribution in [0.3, 0.4) is 0 Å². The Morgan fingerprint density at radius 1 is 1.47 bits per heavy atom. The predicted molar refractivity (Wildman–Crippen MR) is 66.5 cm³/mol.